The third-order valence-electron chi connectivity index (χ3n) is 1.97. The first-order chi connectivity index (χ1) is 6.48. The average molecular weight is 218 g/mol. The van der Waals surface area contributed by atoms with E-state index in [1.165, 1.54) is 17.8 Å². The van der Waals surface area contributed by atoms with Crippen LogP contribution in [0, 0.1) is 0 Å². The lowest BCUT2D eigenvalue weighted by Crippen LogP contribution is -2.06. The molecule has 74 valence electrons. The molecular formula is C9H5F3OS. The molecule has 0 aliphatic carbocycles. The maximum Gasteiger partial charge on any atom is 0.416 e. The fourth-order valence-electron chi connectivity index (χ4n) is 1.27. The van der Waals surface area contributed by atoms with Crippen LogP contribution in [0.25, 0.3) is 0 Å². The highest BCUT2D eigenvalue weighted by Gasteiger charge is 2.32. The Hall–Kier alpha value is -0.970. The summed E-state index contributed by atoms with van der Waals surface area (Å²) in [6.45, 7) is 0. The van der Waals surface area contributed by atoms with Crippen molar-refractivity contribution in [3.63, 3.8) is 0 Å². The number of hydrogen-bond donors (Lipinski definition) is 0. The van der Waals surface area contributed by atoms with Crippen LogP contribution in [0.15, 0.2) is 23.1 Å². The van der Waals surface area contributed by atoms with Gasteiger partial charge in [0.05, 0.1) is 11.3 Å². The Balaban J connectivity index is 2.50. The molecule has 0 fully saturated rings. The zero-order valence-electron chi connectivity index (χ0n) is 6.89. The molecule has 0 amide bonds. The van der Waals surface area contributed by atoms with E-state index in [1.807, 2.05) is 0 Å². The van der Waals surface area contributed by atoms with Crippen LogP contribution in [-0.4, -0.2) is 11.5 Å². The van der Waals surface area contributed by atoms with Crippen LogP contribution in [-0.2, 0) is 6.18 Å². The normalized spacial score (nSPS) is 15.8. The molecule has 0 unspecified atom stereocenters. The van der Waals surface area contributed by atoms with Gasteiger partial charge in [-0.05, 0) is 18.2 Å². The first-order valence-electron chi connectivity index (χ1n) is 3.86. The van der Waals surface area contributed by atoms with Crippen LogP contribution in [0.1, 0.15) is 15.9 Å². The van der Waals surface area contributed by atoms with E-state index in [9.17, 15) is 18.0 Å². The number of fused-ring (bicyclic) bond motifs is 1. The number of benzene rings is 1. The molecule has 0 N–H and O–H groups in total. The summed E-state index contributed by atoms with van der Waals surface area (Å²) in [5.74, 6) is 0.0208. The average Bonchev–Trinajstić information content (AvgIpc) is 2.46. The quantitative estimate of drug-likeness (QED) is 0.665. The van der Waals surface area contributed by atoms with E-state index in [1.54, 1.807) is 0 Å². The molecule has 1 aliphatic heterocycles. The number of halogens is 3. The molecule has 1 aliphatic rings. The van der Waals surface area contributed by atoms with Crippen molar-refractivity contribution < 1.29 is 18.0 Å². The highest BCUT2D eigenvalue weighted by atomic mass is 32.2. The molecule has 0 radical (unpaired) electrons. The van der Waals surface area contributed by atoms with Gasteiger partial charge in [-0.25, -0.2) is 0 Å². The molecule has 14 heavy (non-hydrogen) atoms. The number of carbonyl (C=O) groups excluding carboxylic acids is 1. The predicted molar refractivity (Wildman–Crippen MR) is 46.5 cm³/mol. The van der Waals surface area contributed by atoms with Gasteiger partial charge < -0.3 is 0 Å². The van der Waals surface area contributed by atoms with Crippen LogP contribution in [0.5, 0.6) is 0 Å². The van der Waals surface area contributed by atoms with Crippen molar-refractivity contribution >= 4 is 17.5 Å². The van der Waals surface area contributed by atoms with Crippen molar-refractivity contribution in [1.82, 2.24) is 0 Å². The Labute approximate surface area is 82.3 Å². The number of carbonyl (C=O) groups is 1. The summed E-state index contributed by atoms with van der Waals surface area (Å²) >= 11 is 1.28. The molecule has 1 aromatic carbocycles. The molecule has 1 aromatic rings. The van der Waals surface area contributed by atoms with E-state index >= 15 is 0 Å². The summed E-state index contributed by atoms with van der Waals surface area (Å²) in [6.07, 6.45) is -4.37. The molecule has 1 heterocycles. The highest BCUT2D eigenvalue weighted by molar-refractivity contribution is 8.00. The van der Waals surface area contributed by atoms with Crippen LogP contribution in [0.3, 0.4) is 0 Å². The van der Waals surface area contributed by atoms with Crippen LogP contribution in [0.2, 0.25) is 0 Å². The lowest BCUT2D eigenvalue weighted by Gasteiger charge is -2.07. The summed E-state index contributed by atoms with van der Waals surface area (Å²) in [5.41, 5.74) is -0.558. The van der Waals surface area contributed by atoms with E-state index in [2.05, 4.69) is 0 Å². The van der Waals surface area contributed by atoms with Gasteiger partial charge in [0.25, 0.3) is 0 Å². The van der Waals surface area contributed by atoms with Crippen molar-refractivity contribution in [3.05, 3.63) is 29.3 Å². The van der Waals surface area contributed by atoms with Gasteiger partial charge in [-0.15, -0.1) is 11.8 Å². The Kier molecular flexibility index (Phi) is 2.06. The molecule has 0 atom stereocenters. The minimum absolute atomic E-state index is 0.199. The van der Waals surface area contributed by atoms with Crippen molar-refractivity contribution in [2.45, 2.75) is 11.1 Å². The van der Waals surface area contributed by atoms with Crippen LogP contribution in [0.4, 0.5) is 13.2 Å². The fourth-order valence-corrected chi connectivity index (χ4v) is 2.21. The van der Waals surface area contributed by atoms with Gasteiger partial charge in [0.2, 0.25) is 0 Å². The van der Waals surface area contributed by atoms with E-state index < -0.39 is 11.7 Å². The van der Waals surface area contributed by atoms with Gasteiger partial charge in [0, 0.05) is 10.5 Å². The zero-order valence-corrected chi connectivity index (χ0v) is 7.71. The monoisotopic (exact) mass is 218 g/mol. The lowest BCUT2D eigenvalue weighted by molar-refractivity contribution is -0.137. The highest BCUT2D eigenvalue weighted by Crippen LogP contribution is 2.36. The lowest BCUT2D eigenvalue weighted by atomic mass is 10.1. The minimum Gasteiger partial charge on any atom is -0.293 e. The number of alkyl halides is 3. The number of ketones is 1. The largest absolute Gasteiger partial charge is 0.416 e. The van der Waals surface area contributed by atoms with Gasteiger partial charge in [0.1, 0.15) is 0 Å². The fraction of sp³-hybridized carbons (Fsp3) is 0.222. The van der Waals surface area contributed by atoms with E-state index in [4.69, 9.17) is 0 Å². The van der Waals surface area contributed by atoms with Gasteiger partial charge in [-0.3, -0.25) is 4.79 Å². The van der Waals surface area contributed by atoms with E-state index in [0.29, 0.717) is 4.90 Å². The second-order valence-electron chi connectivity index (χ2n) is 2.92. The first kappa shape index (κ1) is 9.58. The summed E-state index contributed by atoms with van der Waals surface area (Å²) in [7, 11) is 0. The number of Topliss-reactive ketones (excluding diaryl/α,β-unsaturated/α-hetero) is 1. The molecule has 1 nitrogen and oxygen atoms in total. The molecule has 0 bridgehead atoms. The number of rotatable bonds is 0. The topological polar surface area (TPSA) is 17.1 Å². The maximum atomic E-state index is 12.3. The SMILES string of the molecule is O=C1CSc2ccc(C(F)(F)F)cc21. The maximum absolute atomic E-state index is 12.3. The van der Waals surface area contributed by atoms with Gasteiger partial charge in [-0.1, -0.05) is 0 Å². The van der Waals surface area contributed by atoms with Gasteiger partial charge in [-0.2, -0.15) is 13.2 Å². The molecule has 2 rings (SSSR count). The van der Waals surface area contributed by atoms with Crippen molar-refractivity contribution in [2.75, 3.05) is 5.75 Å². The Morgan fingerprint density at radius 2 is 2.00 bits per heavy atom. The molecule has 0 spiro atoms. The molecule has 0 saturated heterocycles. The Morgan fingerprint density at radius 1 is 1.29 bits per heavy atom. The zero-order chi connectivity index (χ0) is 10.3. The molecule has 0 saturated carbocycles. The first-order valence-corrected chi connectivity index (χ1v) is 4.84. The molecule has 0 aromatic heterocycles. The van der Waals surface area contributed by atoms with Gasteiger partial charge >= 0.3 is 6.18 Å². The standard InChI is InChI=1S/C9H5F3OS/c10-9(11,12)5-1-2-8-6(3-5)7(13)4-14-8/h1-3H,4H2. The smallest absolute Gasteiger partial charge is 0.293 e. The van der Waals surface area contributed by atoms with Crippen molar-refractivity contribution in [3.8, 4) is 0 Å². The summed E-state index contributed by atoms with van der Waals surface area (Å²) < 4.78 is 36.8. The third-order valence-corrected chi connectivity index (χ3v) is 3.04. The molecular weight excluding hydrogens is 213 g/mol. The predicted octanol–water partition coefficient (Wildman–Crippen LogP) is 2.99. The van der Waals surface area contributed by atoms with Gasteiger partial charge in [0.15, 0.2) is 5.78 Å². The molecule has 5 heteroatoms. The number of hydrogen-bond acceptors (Lipinski definition) is 2. The minimum atomic E-state index is -4.37. The van der Waals surface area contributed by atoms with Crippen molar-refractivity contribution in [1.29, 1.82) is 0 Å². The summed E-state index contributed by atoms with van der Waals surface area (Å²) in [5, 5.41) is 0. The van der Waals surface area contributed by atoms with Crippen LogP contribution >= 0.6 is 11.8 Å². The third kappa shape index (κ3) is 1.52. The van der Waals surface area contributed by atoms with E-state index in [0.717, 1.165) is 12.1 Å². The number of thioether (sulfide) groups is 1. The summed E-state index contributed by atoms with van der Waals surface area (Å²) in [6, 6.07) is 3.29. The van der Waals surface area contributed by atoms with Crippen LogP contribution < -0.4 is 0 Å². The summed E-state index contributed by atoms with van der Waals surface area (Å²) in [4.78, 5) is 11.8. The van der Waals surface area contributed by atoms with Crippen molar-refractivity contribution in [2.24, 2.45) is 0 Å². The second-order valence-corrected chi connectivity index (χ2v) is 3.94. The second kappa shape index (κ2) is 3.02. The van der Waals surface area contributed by atoms with E-state index in [-0.39, 0.29) is 17.1 Å². The Bertz CT molecular complexity index is 398. The Morgan fingerprint density at radius 3 is 2.64 bits per heavy atom.